The van der Waals surface area contributed by atoms with Crippen LogP contribution in [0, 0.1) is 0 Å². The fraction of sp³-hybridized carbons (Fsp3) is 0.133. The van der Waals surface area contributed by atoms with E-state index in [1.165, 1.54) is 21.8 Å². The lowest BCUT2D eigenvalue weighted by Crippen LogP contribution is -2.16. The van der Waals surface area contributed by atoms with E-state index in [0.717, 1.165) is 6.42 Å². The third kappa shape index (κ3) is 2.02. The van der Waals surface area contributed by atoms with E-state index in [4.69, 9.17) is 0 Å². The molecule has 0 amide bonds. The Hall–Kier alpha value is -1.74. The van der Waals surface area contributed by atoms with Gasteiger partial charge in [-0.3, -0.25) is 9.29 Å². The minimum Gasteiger partial charge on any atom is -0.284 e. The van der Waals surface area contributed by atoms with Crippen LogP contribution in [-0.2, 0) is 0 Å². The molecule has 0 unspecified atom stereocenters. The zero-order valence-corrected chi connectivity index (χ0v) is 11.0. The third-order valence-electron chi connectivity index (χ3n) is 2.94. The molecule has 2 nitrogen and oxygen atoms in total. The second-order valence-electron chi connectivity index (χ2n) is 4.12. The van der Waals surface area contributed by atoms with Crippen molar-refractivity contribution < 1.29 is 0 Å². The van der Waals surface area contributed by atoms with Gasteiger partial charge in [-0.15, -0.1) is 0 Å². The van der Waals surface area contributed by atoms with Gasteiger partial charge in [-0.25, -0.2) is 0 Å². The molecular weight excluding hydrogens is 240 g/mol. The molecule has 1 aliphatic rings. The van der Waals surface area contributed by atoms with Gasteiger partial charge in [-0.1, -0.05) is 25.1 Å². The van der Waals surface area contributed by atoms with Gasteiger partial charge in [0.25, 0.3) is 0 Å². The summed E-state index contributed by atoms with van der Waals surface area (Å²) in [7, 11) is 0. The van der Waals surface area contributed by atoms with Crippen molar-refractivity contribution in [3.63, 3.8) is 0 Å². The van der Waals surface area contributed by atoms with Crippen molar-refractivity contribution >= 4 is 23.7 Å². The lowest BCUT2D eigenvalue weighted by Gasteiger charge is -2.29. The number of pyridine rings is 1. The Labute approximate surface area is 111 Å². The molecule has 0 fully saturated rings. The predicted molar refractivity (Wildman–Crippen MR) is 77.3 cm³/mol. The van der Waals surface area contributed by atoms with Crippen LogP contribution in [0.3, 0.4) is 0 Å². The van der Waals surface area contributed by atoms with Crippen LogP contribution in [-0.4, -0.2) is 4.98 Å². The molecule has 0 spiro atoms. The van der Waals surface area contributed by atoms with Gasteiger partial charge in [-0.05, 0) is 48.2 Å². The van der Waals surface area contributed by atoms with Gasteiger partial charge in [-0.2, -0.15) is 0 Å². The average Bonchev–Trinajstić information content (AvgIpc) is 2.46. The van der Waals surface area contributed by atoms with E-state index in [2.05, 4.69) is 52.6 Å². The highest BCUT2D eigenvalue weighted by Crippen LogP contribution is 2.40. The first-order valence-electron chi connectivity index (χ1n) is 6.06. The van der Waals surface area contributed by atoms with Gasteiger partial charge < -0.3 is 0 Å². The van der Waals surface area contributed by atoms with Crippen LogP contribution in [0.25, 0.3) is 6.08 Å². The smallest absolute Gasteiger partial charge is 0.0546 e. The zero-order valence-electron chi connectivity index (χ0n) is 10.2. The van der Waals surface area contributed by atoms with Gasteiger partial charge in [0, 0.05) is 18.1 Å². The summed E-state index contributed by atoms with van der Waals surface area (Å²) >= 11 is 1.75. The molecule has 0 N–H and O–H groups in total. The van der Waals surface area contributed by atoms with E-state index >= 15 is 0 Å². The molecule has 0 atom stereocenters. The number of benzene rings is 1. The fourth-order valence-corrected chi connectivity index (χ4v) is 3.07. The summed E-state index contributed by atoms with van der Waals surface area (Å²) in [6, 6.07) is 12.5. The molecule has 0 saturated carbocycles. The van der Waals surface area contributed by atoms with Gasteiger partial charge in [0.15, 0.2) is 0 Å². The number of anilines is 1. The molecule has 3 heteroatoms. The molecule has 3 rings (SSSR count). The molecule has 0 bridgehead atoms. The lowest BCUT2D eigenvalue weighted by molar-refractivity contribution is 1.06. The van der Waals surface area contributed by atoms with Crippen molar-refractivity contribution in [2.24, 2.45) is 0 Å². The van der Waals surface area contributed by atoms with Gasteiger partial charge >= 0.3 is 0 Å². The van der Waals surface area contributed by atoms with Crippen molar-refractivity contribution in [1.82, 2.24) is 4.98 Å². The normalized spacial score (nSPS) is 14.1. The van der Waals surface area contributed by atoms with Crippen molar-refractivity contribution in [3.8, 4) is 0 Å². The molecule has 2 aromatic rings. The molecule has 18 heavy (non-hydrogen) atoms. The minimum atomic E-state index is 1.02. The highest BCUT2D eigenvalue weighted by molar-refractivity contribution is 8.01. The summed E-state index contributed by atoms with van der Waals surface area (Å²) in [6.07, 6.45) is 7.05. The minimum absolute atomic E-state index is 1.02. The Bertz CT molecular complexity index is 578. The maximum atomic E-state index is 4.20. The molecule has 0 radical (unpaired) electrons. The van der Waals surface area contributed by atoms with E-state index in [-0.39, 0.29) is 0 Å². The number of fused-ring (bicyclic) bond motifs is 1. The number of rotatable bonds is 2. The molecule has 0 saturated heterocycles. The number of aromatic nitrogens is 1. The summed E-state index contributed by atoms with van der Waals surface area (Å²) in [5.41, 5.74) is 3.80. The number of hydrogen-bond donors (Lipinski definition) is 0. The van der Waals surface area contributed by atoms with Crippen LogP contribution < -0.4 is 4.31 Å². The van der Waals surface area contributed by atoms with Crippen LogP contribution in [0.1, 0.15) is 18.9 Å². The Kier molecular flexibility index (Phi) is 3.07. The zero-order chi connectivity index (χ0) is 12.4. The highest BCUT2D eigenvalue weighted by Gasteiger charge is 2.19. The van der Waals surface area contributed by atoms with Crippen LogP contribution in [0.4, 0.5) is 5.69 Å². The third-order valence-corrected chi connectivity index (χ3v) is 4.11. The Balaban J connectivity index is 2.04. The van der Waals surface area contributed by atoms with Crippen LogP contribution in [0.2, 0.25) is 0 Å². The van der Waals surface area contributed by atoms with Crippen LogP contribution in [0.5, 0.6) is 0 Å². The Morgan fingerprint density at radius 1 is 1.17 bits per heavy atom. The first-order valence-corrected chi connectivity index (χ1v) is 6.83. The maximum Gasteiger partial charge on any atom is 0.0546 e. The largest absolute Gasteiger partial charge is 0.284 e. The number of nitrogens with zero attached hydrogens (tertiary/aromatic N) is 2. The standard InChI is InChI=1S/C15H14N2S/c1-2-13-10-12-8-9-16-11-15(12)18-17(13)14-6-4-3-5-7-14/h3-11H,2H2,1H3. The van der Waals surface area contributed by atoms with E-state index in [0.29, 0.717) is 0 Å². The molecule has 1 aromatic carbocycles. The van der Waals surface area contributed by atoms with Crippen LogP contribution in [0.15, 0.2) is 59.4 Å². The summed E-state index contributed by atoms with van der Waals surface area (Å²) in [4.78, 5) is 5.41. The summed E-state index contributed by atoms with van der Waals surface area (Å²) in [5, 5.41) is 0. The van der Waals surface area contributed by atoms with Crippen molar-refractivity contribution in [1.29, 1.82) is 0 Å². The van der Waals surface area contributed by atoms with E-state index in [1.54, 1.807) is 11.9 Å². The Morgan fingerprint density at radius 2 is 2.00 bits per heavy atom. The fourth-order valence-electron chi connectivity index (χ4n) is 2.01. The number of hydrogen-bond acceptors (Lipinski definition) is 3. The van der Waals surface area contributed by atoms with E-state index < -0.39 is 0 Å². The molecule has 0 aliphatic carbocycles. The Morgan fingerprint density at radius 3 is 2.78 bits per heavy atom. The molecule has 90 valence electrons. The van der Waals surface area contributed by atoms with Gasteiger partial charge in [0.05, 0.1) is 10.6 Å². The van der Waals surface area contributed by atoms with Gasteiger partial charge in [0.2, 0.25) is 0 Å². The number of allylic oxidation sites excluding steroid dienone is 1. The van der Waals surface area contributed by atoms with Crippen LogP contribution >= 0.6 is 11.9 Å². The number of para-hydroxylation sites is 1. The van der Waals surface area contributed by atoms with Crippen molar-refractivity contribution in [2.45, 2.75) is 18.2 Å². The second-order valence-corrected chi connectivity index (χ2v) is 5.11. The topological polar surface area (TPSA) is 16.1 Å². The quantitative estimate of drug-likeness (QED) is 0.741. The first kappa shape index (κ1) is 11.4. The molecular formula is C15H14N2S. The molecule has 1 aliphatic heterocycles. The average molecular weight is 254 g/mol. The predicted octanol–water partition coefficient (Wildman–Crippen LogP) is 4.36. The second kappa shape index (κ2) is 4.86. The summed E-state index contributed by atoms with van der Waals surface area (Å²) < 4.78 is 2.28. The first-order chi connectivity index (χ1) is 8.88. The lowest BCUT2D eigenvalue weighted by atomic mass is 10.2. The summed E-state index contributed by atoms with van der Waals surface area (Å²) in [5.74, 6) is 0. The van der Waals surface area contributed by atoms with Crippen molar-refractivity contribution in [3.05, 3.63) is 60.1 Å². The van der Waals surface area contributed by atoms with Gasteiger partial charge in [0.1, 0.15) is 0 Å². The van der Waals surface area contributed by atoms with E-state index in [1.807, 2.05) is 18.5 Å². The maximum absolute atomic E-state index is 4.20. The summed E-state index contributed by atoms with van der Waals surface area (Å²) in [6.45, 7) is 2.19. The SMILES string of the molecule is CCC1=Cc2ccncc2SN1c1ccccc1. The van der Waals surface area contributed by atoms with E-state index in [9.17, 15) is 0 Å². The molecule has 2 heterocycles. The monoisotopic (exact) mass is 254 g/mol. The molecule has 1 aromatic heterocycles. The highest BCUT2D eigenvalue weighted by atomic mass is 32.2. The van der Waals surface area contributed by atoms with Crippen molar-refractivity contribution in [2.75, 3.05) is 4.31 Å².